The number of sulfone groups is 1. The minimum atomic E-state index is -4.22. The summed E-state index contributed by atoms with van der Waals surface area (Å²) in [5.74, 6) is -0.320. The first-order chi connectivity index (χ1) is 22.3. The molecule has 47 heavy (non-hydrogen) atoms. The second kappa shape index (κ2) is 16.3. The summed E-state index contributed by atoms with van der Waals surface area (Å²) in [5, 5.41) is 16.0. The Balaban J connectivity index is 1.52. The molecular formula is C33H47ClN6O6S. The van der Waals surface area contributed by atoms with Crippen LogP contribution in [0, 0.1) is 16.0 Å². The number of nitro benzene ring substituents is 1. The third-order valence-corrected chi connectivity index (χ3v) is 11.6. The van der Waals surface area contributed by atoms with Gasteiger partial charge in [0.25, 0.3) is 11.6 Å². The van der Waals surface area contributed by atoms with Crippen LogP contribution in [0.3, 0.4) is 0 Å². The maximum Gasteiger partial charge on any atom is 0.288 e. The highest BCUT2D eigenvalue weighted by molar-refractivity contribution is 7.92. The number of carbonyl (C=O) groups excluding carboxylic acids is 2. The number of benzene rings is 2. The molecule has 2 fully saturated rings. The smallest absolute Gasteiger partial charge is 0.288 e. The van der Waals surface area contributed by atoms with E-state index in [1.165, 1.54) is 29.5 Å². The van der Waals surface area contributed by atoms with Crippen LogP contribution < -0.4 is 10.7 Å². The van der Waals surface area contributed by atoms with Gasteiger partial charge in [-0.2, -0.15) is 0 Å². The van der Waals surface area contributed by atoms with Gasteiger partial charge in [0, 0.05) is 48.7 Å². The summed E-state index contributed by atoms with van der Waals surface area (Å²) in [6.07, 6.45) is 6.38. The van der Waals surface area contributed by atoms with Gasteiger partial charge in [-0.3, -0.25) is 30.0 Å². The molecule has 2 N–H and O–H groups in total. The van der Waals surface area contributed by atoms with Crippen molar-refractivity contribution in [2.24, 2.45) is 5.92 Å². The summed E-state index contributed by atoms with van der Waals surface area (Å²) in [7, 11) is -1.06. The number of para-hydroxylation sites is 1. The normalized spacial score (nSPS) is 19.1. The Morgan fingerprint density at radius 2 is 1.68 bits per heavy atom. The van der Waals surface area contributed by atoms with E-state index in [4.69, 9.17) is 11.6 Å². The number of nitrogens with one attached hydrogen (secondary N) is 2. The molecule has 3 atom stereocenters. The maximum atomic E-state index is 13.9. The van der Waals surface area contributed by atoms with Crippen LogP contribution in [-0.2, 0) is 25.8 Å². The van der Waals surface area contributed by atoms with Gasteiger partial charge in [0.1, 0.15) is 10.3 Å². The van der Waals surface area contributed by atoms with E-state index in [1.807, 2.05) is 31.0 Å². The fourth-order valence-electron chi connectivity index (χ4n) is 6.54. The monoisotopic (exact) mass is 690 g/mol. The Bertz CT molecular complexity index is 1500. The van der Waals surface area contributed by atoms with Gasteiger partial charge in [-0.15, -0.1) is 0 Å². The Morgan fingerprint density at radius 3 is 2.30 bits per heavy atom. The van der Waals surface area contributed by atoms with Gasteiger partial charge in [0.05, 0.1) is 11.0 Å². The van der Waals surface area contributed by atoms with E-state index >= 15 is 0 Å². The second-order valence-electron chi connectivity index (χ2n) is 13.0. The molecule has 258 valence electrons. The lowest BCUT2D eigenvalue weighted by molar-refractivity contribution is -0.387. The quantitative estimate of drug-likeness (QED) is 0.222. The molecule has 1 unspecified atom stereocenters. The van der Waals surface area contributed by atoms with Crippen molar-refractivity contribution in [1.82, 2.24) is 25.6 Å². The van der Waals surface area contributed by atoms with Crippen LogP contribution in [0.5, 0.6) is 0 Å². The molecule has 0 bridgehead atoms. The largest absolute Gasteiger partial charge is 0.335 e. The van der Waals surface area contributed by atoms with Crippen LogP contribution in [0.4, 0.5) is 5.69 Å². The van der Waals surface area contributed by atoms with Crippen LogP contribution >= 0.6 is 11.6 Å². The SMILES string of the molecule is CC(C)C(=O)N(C1CCCCC1)[C@H]1CCN(NC(=O)[C@@H](Cc2ccc(Cl)cc2)NCC(N(C)C)S(=O)(=O)c2ccccc2[N+](=O)[O-])C1. The number of nitrogens with zero attached hydrogens (tertiary/aromatic N) is 4. The number of rotatable bonds is 14. The van der Waals surface area contributed by atoms with E-state index in [-0.39, 0.29) is 47.7 Å². The number of nitro groups is 1. The van der Waals surface area contributed by atoms with Crippen LogP contribution in [0.15, 0.2) is 53.4 Å². The van der Waals surface area contributed by atoms with Crippen molar-refractivity contribution in [3.63, 3.8) is 0 Å². The highest BCUT2D eigenvalue weighted by Crippen LogP contribution is 2.29. The molecule has 14 heteroatoms. The summed E-state index contributed by atoms with van der Waals surface area (Å²) in [4.78, 5) is 41.3. The number of amides is 2. The molecule has 12 nitrogen and oxygen atoms in total. The Morgan fingerprint density at radius 1 is 1.02 bits per heavy atom. The summed E-state index contributed by atoms with van der Waals surface area (Å²) < 4.78 is 27.5. The third kappa shape index (κ3) is 9.29. The fraction of sp³-hybridized carbons (Fsp3) is 0.576. The van der Waals surface area contributed by atoms with Gasteiger partial charge in [0.15, 0.2) is 0 Å². The number of carbonyl (C=O) groups is 2. The molecule has 2 aromatic carbocycles. The molecule has 2 aromatic rings. The molecule has 2 amide bonds. The second-order valence-corrected chi connectivity index (χ2v) is 15.5. The molecular weight excluding hydrogens is 644 g/mol. The first-order valence-corrected chi connectivity index (χ1v) is 18.2. The van der Waals surface area contributed by atoms with E-state index in [0.717, 1.165) is 43.7 Å². The molecule has 1 saturated carbocycles. The molecule has 1 heterocycles. The molecule has 2 aliphatic rings. The lowest BCUT2D eigenvalue weighted by Gasteiger charge is -2.39. The summed E-state index contributed by atoms with van der Waals surface area (Å²) in [6.45, 7) is 4.76. The van der Waals surface area contributed by atoms with Gasteiger partial charge < -0.3 is 10.2 Å². The van der Waals surface area contributed by atoms with E-state index in [2.05, 4.69) is 15.6 Å². The number of halogens is 1. The molecule has 0 radical (unpaired) electrons. The Kier molecular flexibility index (Phi) is 12.8. The van der Waals surface area contributed by atoms with Crippen molar-refractivity contribution < 1.29 is 22.9 Å². The van der Waals surface area contributed by atoms with Gasteiger partial charge in [-0.05, 0) is 63.5 Å². The Hall–Kier alpha value is -3.10. The zero-order valence-electron chi connectivity index (χ0n) is 27.6. The van der Waals surface area contributed by atoms with Crippen LogP contribution in [0.25, 0.3) is 0 Å². The van der Waals surface area contributed by atoms with Gasteiger partial charge in [-0.1, -0.05) is 69.0 Å². The first kappa shape index (κ1) is 36.7. The molecule has 1 aliphatic heterocycles. The average Bonchev–Trinajstić information content (AvgIpc) is 3.49. The highest BCUT2D eigenvalue weighted by Gasteiger charge is 2.39. The minimum absolute atomic E-state index is 0.0131. The fourth-order valence-corrected chi connectivity index (χ4v) is 8.53. The van der Waals surface area contributed by atoms with Gasteiger partial charge in [0.2, 0.25) is 15.7 Å². The maximum absolute atomic E-state index is 13.9. The predicted molar refractivity (Wildman–Crippen MR) is 181 cm³/mol. The highest BCUT2D eigenvalue weighted by atomic mass is 35.5. The lowest BCUT2D eigenvalue weighted by Crippen LogP contribution is -2.55. The van der Waals surface area contributed by atoms with Gasteiger partial charge in [-0.25, -0.2) is 13.4 Å². The van der Waals surface area contributed by atoms with E-state index < -0.39 is 31.9 Å². The summed E-state index contributed by atoms with van der Waals surface area (Å²) >= 11 is 6.09. The number of hydrazine groups is 1. The molecule has 1 saturated heterocycles. The van der Waals surface area contributed by atoms with Crippen molar-refractivity contribution in [3.05, 3.63) is 69.2 Å². The number of hydrogen-bond acceptors (Lipinski definition) is 9. The predicted octanol–water partition coefficient (Wildman–Crippen LogP) is 4.03. The Labute approximate surface area is 282 Å². The van der Waals surface area contributed by atoms with Crippen LogP contribution in [0.2, 0.25) is 5.02 Å². The third-order valence-electron chi connectivity index (χ3n) is 9.05. The molecule has 0 aromatic heterocycles. The molecule has 0 spiro atoms. The van der Waals surface area contributed by atoms with E-state index in [9.17, 15) is 28.1 Å². The van der Waals surface area contributed by atoms with Crippen molar-refractivity contribution in [1.29, 1.82) is 0 Å². The average molecular weight is 691 g/mol. The van der Waals surface area contributed by atoms with Crippen LogP contribution in [0.1, 0.15) is 57.9 Å². The van der Waals surface area contributed by atoms with E-state index in [0.29, 0.717) is 18.1 Å². The number of likely N-dealkylation sites (N-methyl/N-ethyl adjacent to an activating group) is 1. The lowest BCUT2D eigenvalue weighted by atomic mass is 9.92. The summed E-state index contributed by atoms with van der Waals surface area (Å²) in [6, 6.07) is 11.7. The molecule has 4 rings (SSSR count). The first-order valence-electron chi connectivity index (χ1n) is 16.3. The number of hydrogen-bond donors (Lipinski definition) is 2. The standard InChI is InChI=1S/C33H47ClN6O6S/c1-23(2)33(42)39(26-10-6-5-7-11-26)27-18-19-38(22-27)36-32(41)28(20-24-14-16-25(34)17-15-24)35-21-31(37(3)4)47(45,46)30-13-9-8-12-29(30)40(43)44/h8-9,12-17,23,26-28,31,35H,5-7,10-11,18-22H2,1-4H3,(H,36,41)/t27-,28+,31?/m0/s1. The summed E-state index contributed by atoms with van der Waals surface area (Å²) in [5.41, 5.74) is 3.34. The zero-order valence-corrected chi connectivity index (χ0v) is 29.2. The zero-order chi connectivity index (χ0) is 34.3. The van der Waals surface area contributed by atoms with Gasteiger partial charge >= 0.3 is 0 Å². The van der Waals surface area contributed by atoms with Crippen molar-refractivity contribution in [2.75, 3.05) is 33.7 Å². The van der Waals surface area contributed by atoms with Crippen molar-refractivity contribution in [2.45, 2.75) is 87.2 Å². The topological polar surface area (TPSA) is 145 Å². The minimum Gasteiger partial charge on any atom is -0.335 e. The van der Waals surface area contributed by atoms with Crippen LogP contribution in [-0.4, -0.2) is 97.2 Å². The van der Waals surface area contributed by atoms with Crippen molar-refractivity contribution in [3.8, 4) is 0 Å². The van der Waals surface area contributed by atoms with E-state index in [1.54, 1.807) is 26.2 Å². The molecule has 1 aliphatic carbocycles. The van der Waals surface area contributed by atoms with Crippen molar-refractivity contribution >= 4 is 38.9 Å².